The van der Waals surface area contributed by atoms with Crippen LogP contribution in [0.15, 0.2) is 52.2 Å². The average molecular weight is 508 g/mol. The Morgan fingerprint density at radius 3 is 2.76 bits per heavy atom. The lowest BCUT2D eigenvalue weighted by Gasteiger charge is -2.37. The number of hydrogen-bond acceptors (Lipinski definition) is 6. The van der Waals surface area contributed by atoms with Gasteiger partial charge in [0.05, 0.1) is 6.26 Å². The van der Waals surface area contributed by atoms with Crippen LogP contribution in [0, 0.1) is 0 Å². The molecule has 10 heteroatoms. The maximum atomic E-state index is 5.32. The van der Waals surface area contributed by atoms with Gasteiger partial charge in [0.25, 0.3) is 0 Å². The summed E-state index contributed by atoms with van der Waals surface area (Å²) in [6, 6.07) is 9.69. The van der Waals surface area contributed by atoms with Crippen LogP contribution in [0.4, 0.5) is 5.82 Å². The lowest BCUT2D eigenvalue weighted by atomic mass is 10.3. The fraction of sp³-hybridized carbons (Fsp3) is 0.368. The van der Waals surface area contributed by atoms with Crippen LogP contribution >= 0.6 is 24.0 Å². The molecule has 0 saturated carbocycles. The molecule has 1 aliphatic rings. The number of rotatable bonds is 5. The summed E-state index contributed by atoms with van der Waals surface area (Å²) in [6.45, 7) is 4.38. The lowest BCUT2D eigenvalue weighted by Crippen LogP contribution is -2.53. The van der Waals surface area contributed by atoms with Crippen LogP contribution in [-0.2, 0) is 6.42 Å². The third kappa shape index (κ3) is 5.25. The van der Waals surface area contributed by atoms with E-state index in [-0.39, 0.29) is 24.0 Å². The van der Waals surface area contributed by atoms with E-state index in [2.05, 4.69) is 46.3 Å². The van der Waals surface area contributed by atoms with Crippen LogP contribution in [-0.4, -0.2) is 70.8 Å². The largest absolute Gasteiger partial charge is 0.461 e. The molecule has 9 nitrogen and oxygen atoms in total. The minimum Gasteiger partial charge on any atom is -0.461 e. The van der Waals surface area contributed by atoms with Gasteiger partial charge in [-0.05, 0) is 24.3 Å². The zero-order chi connectivity index (χ0) is 19.2. The van der Waals surface area contributed by atoms with Crippen molar-refractivity contribution in [3.05, 3.63) is 48.6 Å². The number of aliphatic imine (C=N–C) groups is 1. The van der Waals surface area contributed by atoms with Gasteiger partial charge < -0.3 is 19.5 Å². The van der Waals surface area contributed by atoms with E-state index < -0.39 is 0 Å². The van der Waals surface area contributed by atoms with Crippen molar-refractivity contribution >= 4 is 35.8 Å². The quantitative estimate of drug-likeness (QED) is 0.309. The number of nitrogens with one attached hydrogen (secondary N) is 2. The highest BCUT2D eigenvalue weighted by atomic mass is 127. The molecular formula is C19H25IN8O. The Balaban J connectivity index is 0.00000240. The second kappa shape index (κ2) is 10.2. The molecule has 1 aliphatic heterocycles. The van der Waals surface area contributed by atoms with E-state index in [1.54, 1.807) is 6.26 Å². The fourth-order valence-corrected chi connectivity index (χ4v) is 3.24. The Labute approximate surface area is 186 Å². The van der Waals surface area contributed by atoms with Crippen LogP contribution in [0.3, 0.4) is 0 Å². The molecule has 1 saturated heterocycles. The van der Waals surface area contributed by atoms with Gasteiger partial charge in [0.1, 0.15) is 11.6 Å². The highest BCUT2D eigenvalue weighted by molar-refractivity contribution is 14.0. The van der Waals surface area contributed by atoms with Crippen LogP contribution in [0.1, 0.15) is 5.82 Å². The third-order valence-corrected chi connectivity index (χ3v) is 4.68. The Morgan fingerprint density at radius 1 is 1.21 bits per heavy atom. The molecule has 0 bridgehead atoms. The number of aromatic amines is 1. The summed E-state index contributed by atoms with van der Waals surface area (Å²) in [4.78, 5) is 17.9. The van der Waals surface area contributed by atoms with Gasteiger partial charge in [0.2, 0.25) is 5.82 Å². The lowest BCUT2D eigenvalue weighted by molar-refractivity contribution is 0.371. The molecule has 4 rings (SSSR count). The Kier molecular flexibility index (Phi) is 7.44. The summed E-state index contributed by atoms with van der Waals surface area (Å²) in [5, 5.41) is 10.6. The van der Waals surface area contributed by atoms with Crippen LogP contribution in [0.2, 0.25) is 0 Å². The van der Waals surface area contributed by atoms with E-state index in [0.717, 1.165) is 56.7 Å². The summed E-state index contributed by atoms with van der Waals surface area (Å²) < 4.78 is 5.32. The van der Waals surface area contributed by atoms with E-state index in [1.165, 1.54) is 0 Å². The zero-order valence-electron chi connectivity index (χ0n) is 16.3. The number of aromatic nitrogens is 4. The molecule has 0 spiro atoms. The molecule has 0 radical (unpaired) electrons. The maximum absolute atomic E-state index is 5.32. The molecular weight excluding hydrogens is 483 g/mol. The number of guanidine groups is 1. The normalized spacial score (nSPS) is 14.6. The molecule has 3 aromatic rings. The Bertz CT molecular complexity index is 888. The first-order valence-corrected chi connectivity index (χ1v) is 9.40. The van der Waals surface area contributed by atoms with Gasteiger partial charge >= 0.3 is 0 Å². The van der Waals surface area contributed by atoms with Crippen molar-refractivity contribution in [2.24, 2.45) is 4.99 Å². The van der Waals surface area contributed by atoms with E-state index in [9.17, 15) is 0 Å². The predicted octanol–water partition coefficient (Wildman–Crippen LogP) is 2.02. The summed E-state index contributed by atoms with van der Waals surface area (Å²) in [5.41, 5.74) is 0. The maximum Gasteiger partial charge on any atom is 0.216 e. The fourth-order valence-electron chi connectivity index (χ4n) is 3.24. The summed E-state index contributed by atoms with van der Waals surface area (Å²) >= 11 is 0. The van der Waals surface area contributed by atoms with Crippen molar-refractivity contribution in [1.29, 1.82) is 0 Å². The summed E-state index contributed by atoms with van der Waals surface area (Å²) in [5.74, 6) is 4.00. The molecule has 2 N–H and O–H groups in total. The van der Waals surface area contributed by atoms with Crippen molar-refractivity contribution in [3.63, 3.8) is 0 Å². The second-order valence-corrected chi connectivity index (χ2v) is 6.47. The summed E-state index contributed by atoms with van der Waals surface area (Å²) in [6.07, 6.45) is 4.17. The topological polar surface area (TPSA) is 98.5 Å². The first-order chi connectivity index (χ1) is 13.8. The second-order valence-electron chi connectivity index (χ2n) is 6.47. The number of furan rings is 1. The third-order valence-electron chi connectivity index (χ3n) is 4.68. The number of H-pyrrole nitrogens is 1. The number of anilines is 1. The SMILES string of the molecule is CN=C(NCCc1nc(-c2ccco2)n[nH]1)N1CCN(c2ccccn2)CC1.I. The van der Waals surface area contributed by atoms with Crippen molar-refractivity contribution in [1.82, 2.24) is 30.4 Å². The zero-order valence-corrected chi connectivity index (χ0v) is 18.6. The minimum atomic E-state index is 0. The number of pyridine rings is 1. The average Bonchev–Trinajstić information content (AvgIpc) is 3.44. The molecule has 0 aliphatic carbocycles. The van der Waals surface area contributed by atoms with E-state index >= 15 is 0 Å². The van der Waals surface area contributed by atoms with Crippen LogP contribution in [0.5, 0.6) is 0 Å². The minimum absolute atomic E-state index is 0. The number of piperazine rings is 1. The van der Waals surface area contributed by atoms with Crippen molar-refractivity contribution in [3.8, 4) is 11.6 Å². The van der Waals surface area contributed by atoms with Gasteiger partial charge in [-0.2, -0.15) is 5.10 Å². The number of nitrogens with zero attached hydrogens (tertiary/aromatic N) is 6. The molecule has 0 aromatic carbocycles. The smallest absolute Gasteiger partial charge is 0.216 e. The van der Waals surface area contributed by atoms with E-state index in [0.29, 0.717) is 11.6 Å². The highest BCUT2D eigenvalue weighted by Gasteiger charge is 2.20. The first kappa shape index (κ1) is 21.1. The van der Waals surface area contributed by atoms with Crippen molar-refractivity contribution in [2.75, 3.05) is 44.7 Å². The van der Waals surface area contributed by atoms with Crippen molar-refractivity contribution < 1.29 is 4.42 Å². The van der Waals surface area contributed by atoms with Gasteiger partial charge in [0.15, 0.2) is 11.7 Å². The molecule has 154 valence electrons. The standard InChI is InChI=1S/C19H24N8O.HI/c1-20-19(27-12-10-26(11-13-27)17-6-2-3-8-21-17)22-9-7-16-23-18(25-24-16)15-5-4-14-28-15;/h2-6,8,14H,7,9-13H2,1H3,(H,20,22)(H,23,24,25);1H. The molecule has 0 unspecified atom stereocenters. The first-order valence-electron chi connectivity index (χ1n) is 9.40. The highest BCUT2D eigenvalue weighted by Crippen LogP contribution is 2.14. The van der Waals surface area contributed by atoms with Gasteiger partial charge in [-0.25, -0.2) is 9.97 Å². The van der Waals surface area contributed by atoms with Gasteiger partial charge in [0, 0.05) is 52.4 Å². The van der Waals surface area contributed by atoms with Gasteiger partial charge in [-0.3, -0.25) is 10.1 Å². The molecule has 3 aromatic heterocycles. The molecule has 0 amide bonds. The molecule has 0 atom stereocenters. The predicted molar refractivity (Wildman–Crippen MR) is 123 cm³/mol. The molecule has 1 fully saturated rings. The van der Waals surface area contributed by atoms with E-state index in [1.807, 2.05) is 37.5 Å². The Morgan fingerprint density at radius 2 is 2.07 bits per heavy atom. The monoisotopic (exact) mass is 508 g/mol. The number of hydrogen-bond donors (Lipinski definition) is 2. The Hall–Kier alpha value is -2.63. The van der Waals surface area contributed by atoms with Gasteiger partial charge in [-0.15, -0.1) is 24.0 Å². The van der Waals surface area contributed by atoms with Gasteiger partial charge in [-0.1, -0.05) is 6.07 Å². The summed E-state index contributed by atoms with van der Waals surface area (Å²) in [7, 11) is 1.82. The van der Waals surface area contributed by atoms with Crippen LogP contribution in [0.25, 0.3) is 11.6 Å². The molecule has 4 heterocycles. The molecule has 29 heavy (non-hydrogen) atoms. The van der Waals surface area contributed by atoms with Crippen LogP contribution < -0.4 is 10.2 Å². The van der Waals surface area contributed by atoms with Crippen molar-refractivity contribution in [2.45, 2.75) is 6.42 Å². The number of halogens is 1. The van der Waals surface area contributed by atoms with E-state index in [4.69, 9.17) is 4.42 Å².